The Balaban J connectivity index is 1.82. The first-order valence-electron chi connectivity index (χ1n) is 7.69. The molecule has 1 aromatic carbocycles. The normalized spacial score (nSPS) is 12.7. The van der Waals surface area contributed by atoms with Crippen LogP contribution in [0.4, 0.5) is 4.39 Å². The van der Waals surface area contributed by atoms with Crippen LogP contribution in [0.25, 0.3) is 0 Å². The van der Waals surface area contributed by atoms with E-state index in [-0.39, 0.29) is 11.9 Å². The van der Waals surface area contributed by atoms with E-state index >= 15 is 0 Å². The zero-order chi connectivity index (χ0) is 16.2. The molecule has 120 valence electrons. The highest BCUT2D eigenvalue weighted by Crippen LogP contribution is 2.26. The number of imidazole rings is 1. The van der Waals surface area contributed by atoms with Crippen LogP contribution in [-0.4, -0.2) is 9.55 Å². The minimum absolute atomic E-state index is 0.0351. The van der Waals surface area contributed by atoms with Crippen molar-refractivity contribution < 1.29 is 4.39 Å². The van der Waals surface area contributed by atoms with Gasteiger partial charge < -0.3 is 4.57 Å². The number of hydrogen-bond acceptors (Lipinski definition) is 3. The second-order valence-electron chi connectivity index (χ2n) is 5.73. The molecule has 0 aliphatic carbocycles. The second kappa shape index (κ2) is 7.06. The molecular weight excluding hydrogens is 309 g/mol. The molecule has 0 aliphatic rings. The molecule has 3 rings (SSSR count). The lowest BCUT2D eigenvalue weighted by molar-refractivity contribution is 0.523. The van der Waals surface area contributed by atoms with Gasteiger partial charge >= 0.3 is 0 Å². The smallest absolute Gasteiger partial charge is 0.123 e. The summed E-state index contributed by atoms with van der Waals surface area (Å²) in [4.78, 5) is 5.65. The van der Waals surface area contributed by atoms with Crippen LogP contribution in [0.5, 0.6) is 0 Å². The summed E-state index contributed by atoms with van der Waals surface area (Å²) in [5.74, 6) is 0.790. The first-order chi connectivity index (χ1) is 11.1. The van der Waals surface area contributed by atoms with Gasteiger partial charge in [0.2, 0.25) is 0 Å². The monoisotopic (exact) mass is 329 g/mol. The van der Waals surface area contributed by atoms with E-state index in [0.717, 1.165) is 11.4 Å². The predicted molar refractivity (Wildman–Crippen MR) is 92.0 cm³/mol. The lowest BCUT2D eigenvalue weighted by Crippen LogP contribution is -2.23. The van der Waals surface area contributed by atoms with Crippen LogP contribution in [0.2, 0.25) is 0 Å². The third-order valence-corrected chi connectivity index (χ3v) is 4.74. The summed E-state index contributed by atoms with van der Waals surface area (Å²) < 4.78 is 15.4. The third-order valence-electron chi connectivity index (χ3n) is 3.80. The summed E-state index contributed by atoms with van der Waals surface area (Å²) >= 11 is 1.69. The fourth-order valence-electron chi connectivity index (χ4n) is 2.64. The molecule has 1 N–H and O–H groups in total. The molecule has 5 heteroatoms. The van der Waals surface area contributed by atoms with Gasteiger partial charge in [0, 0.05) is 23.3 Å². The van der Waals surface area contributed by atoms with Crippen molar-refractivity contribution in [1.82, 2.24) is 14.9 Å². The van der Waals surface area contributed by atoms with Crippen molar-refractivity contribution in [2.45, 2.75) is 32.5 Å². The number of halogens is 1. The van der Waals surface area contributed by atoms with Gasteiger partial charge in [-0.15, -0.1) is 11.3 Å². The summed E-state index contributed by atoms with van der Waals surface area (Å²) in [7, 11) is 0. The van der Waals surface area contributed by atoms with E-state index < -0.39 is 0 Å². The summed E-state index contributed by atoms with van der Waals surface area (Å²) in [5.41, 5.74) is 1.05. The zero-order valence-electron chi connectivity index (χ0n) is 13.2. The number of hydrogen-bond donors (Lipinski definition) is 1. The maximum Gasteiger partial charge on any atom is 0.123 e. The largest absolute Gasteiger partial charge is 0.331 e. The van der Waals surface area contributed by atoms with Crippen LogP contribution in [0.15, 0.2) is 54.2 Å². The Morgan fingerprint density at radius 3 is 2.65 bits per heavy atom. The summed E-state index contributed by atoms with van der Waals surface area (Å²) in [6.45, 7) is 4.94. The van der Waals surface area contributed by atoms with Gasteiger partial charge in [0.25, 0.3) is 0 Å². The van der Waals surface area contributed by atoms with E-state index in [2.05, 4.69) is 40.2 Å². The van der Waals surface area contributed by atoms with Crippen molar-refractivity contribution in [2.75, 3.05) is 0 Å². The Hall–Kier alpha value is -1.98. The molecule has 0 bridgehead atoms. The molecule has 0 radical (unpaired) electrons. The van der Waals surface area contributed by atoms with E-state index in [4.69, 9.17) is 0 Å². The van der Waals surface area contributed by atoms with Gasteiger partial charge in [-0.25, -0.2) is 9.37 Å². The van der Waals surface area contributed by atoms with Gasteiger partial charge in [-0.1, -0.05) is 18.2 Å². The molecule has 0 saturated carbocycles. The Morgan fingerprint density at radius 2 is 2.00 bits per heavy atom. The van der Waals surface area contributed by atoms with Crippen molar-refractivity contribution in [2.24, 2.45) is 0 Å². The van der Waals surface area contributed by atoms with Crippen molar-refractivity contribution in [3.63, 3.8) is 0 Å². The Bertz CT molecular complexity index is 732. The van der Waals surface area contributed by atoms with Crippen molar-refractivity contribution >= 4 is 11.3 Å². The number of benzene rings is 1. The van der Waals surface area contributed by atoms with Crippen LogP contribution in [0.1, 0.15) is 42.2 Å². The molecule has 0 saturated heterocycles. The van der Waals surface area contributed by atoms with Gasteiger partial charge in [0.1, 0.15) is 11.6 Å². The van der Waals surface area contributed by atoms with Gasteiger partial charge in [-0.3, -0.25) is 5.32 Å². The van der Waals surface area contributed by atoms with Crippen LogP contribution in [0, 0.1) is 5.82 Å². The molecule has 2 aromatic heterocycles. The molecule has 0 amide bonds. The van der Waals surface area contributed by atoms with E-state index in [1.807, 2.05) is 30.6 Å². The standard InChI is InChI=1S/C18H20FN3S/c1-13(2)22-10-9-20-17(22)12-21-18(16-4-3-11-23-16)14-5-7-15(19)8-6-14/h3-11,13,18,21H,12H2,1-2H3/t18-/m1/s1. The quantitative estimate of drug-likeness (QED) is 0.719. The molecule has 0 spiro atoms. The minimum atomic E-state index is -0.214. The maximum absolute atomic E-state index is 13.2. The molecule has 3 nitrogen and oxygen atoms in total. The van der Waals surface area contributed by atoms with Crippen LogP contribution < -0.4 is 5.32 Å². The first-order valence-corrected chi connectivity index (χ1v) is 8.57. The van der Waals surface area contributed by atoms with E-state index in [0.29, 0.717) is 12.6 Å². The zero-order valence-corrected chi connectivity index (χ0v) is 14.1. The maximum atomic E-state index is 13.2. The minimum Gasteiger partial charge on any atom is -0.331 e. The summed E-state index contributed by atoms with van der Waals surface area (Å²) in [6.07, 6.45) is 3.83. The average Bonchev–Trinajstić information content (AvgIpc) is 3.20. The second-order valence-corrected chi connectivity index (χ2v) is 6.70. The van der Waals surface area contributed by atoms with Crippen molar-refractivity contribution in [1.29, 1.82) is 0 Å². The Kier molecular flexibility index (Phi) is 4.88. The Labute approximate surface area is 139 Å². The lowest BCUT2D eigenvalue weighted by Gasteiger charge is -2.19. The highest BCUT2D eigenvalue weighted by molar-refractivity contribution is 7.10. The molecule has 23 heavy (non-hydrogen) atoms. The highest BCUT2D eigenvalue weighted by Gasteiger charge is 2.16. The number of nitrogens with zero attached hydrogens (tertiary/aromatic N) is 2. The highest BCUT2D eigenvalue weighted by atomic mass is 32.1. The molecule has 0 fully saturated rings. The average molecular weight is 329 g/mol. The third kappa shape index (κ3) is 3.68. The van der Waals surface area contributed by atoms with Crippen molar-refractivity contribution in [3.05, 3.63) is 76.3 Å². The predicted octanol–water partition coefficient (Wildman–Crippen LogP) is 4.54. The summed E-state index contributed by atoms with van der Waals surface area (Å²) in [5, 5.41) is 5.62. The molecule has 3 aromatic rings. The van der Waals surface area contributed by atoms with Gasteiger partial charge in [-0.2, -0.15) is 0 Å². The Morgan fingerprint density at radius 1 is 1.22 bits per heavy atom. The molecule has 2 heterocycles. The fourth-order valence-corrected chi connectivity index (χ4v) is 3.46. The molecule has 0 aliphatic heterocycles. The SMILES string of the molecule is CC(C)n1ccnc1CN[C@H](c1ccc(F)cc1)c1cccs1. The molecule has 0 unspecified atom stereocenters. The van der Waals surface area contributed by atoms with Gasteiger partial charge in [-0.05, 0) is 43.0 Å². The van der Waals surface area contributed by atoms with Crippen LogP contribution >= 0.6 is 11.3 Å². The topological polar surface area (TPSA) is 29.9 Å². The first kappa shape index (κ1) is 15.9. The van der Waals surface area contributed by atoms with Crippen molar-refractivity contribution in [3.8, 4) is 0 Å². The van der Waals surface area contributed by atoms with E-state index in [1.165, 1.54) is 17.0 Å². The van der Waals surface area contributed by atoms with Gasteiger partial charge in [0.05, 0.1) is 12.6 Å². The number of thiophene rings is 1. The fraction of sp³-hybridized carbons (Fsp3) is 0.278. The number of nitrogens with one attached hydrogen (secondary N) is 1. The molecule has 1 atom stereocenters. The molecular formula is C18H20FN3S. The summed E-state index contributed by atoms with van der Waals surface area (Å²) in [6, 6.07) is 11.2. The number of rotatable bonds is 6. The van der Waals surface area contributed by atoms with Gasteiger partial charge in [0.15, 0.2) is 0 Å². The van der Waals surface area contributed by atoms with Crippen LogP contribution in [0.3, 0.4) is 0 Å². The van der Waals surface area contributed by atoms with E-state index in [1.54, 1.807) is 11.3 Å². The lowest BCUT2D eigenvalue weighted by atomic mass is 10.1. The van der Waals surface area contributed by atoms with Crippen LogP contribution in [-0.2, 0) is 6.54 Å². The van der Waals surface area contributed by atoms with E-state index in [9.17, 15) is 4.39 Å². The number of aromatic nitrogens is 2.